The summed E-state index contributed by atoms with van der Waals surface area (Å²) in [5.74, 6) is 0.101. The Balaban J connectivity index is 1.80. The first-order valence-electron chi connectivity index (χ1n) is 10.6. The van der Waals surface area contributed by atoms with Crippen LogP contribution < -0.4 is 0 Å². The summed E-state index contributed by atoms with van der Waals surface area (Å²) in [6.07, 6.45) is 12.3. The number of nitroso groups, excluding NO2 is 1. The first-order chi connectivity index (χ1) is 13.6. The zero-order chi connectivity index (χ0) is 20.4. The predicted octanol–water partition coefficient (Wildman–Crippen LogP) is 6.66. The van der Waals surface area contributed by atoms with Gasteiger partial charge < -0.3 is 5.11 Å². The highest BCUT2D eigenvalue weighted by atomic mass is 16.3. The van der Waals surface area contributed by atoms with Crippen LogP contribution in [0.25, 0.3) is 0 Å². The van der Waals surface area contributed by atoms with Crippen molar-refractivity contribution in [3.8, 4) is 0 Å². The smallest absolute Gasteiger partial charge is 0.166 e. The van der Waals surface area contributed by atoms with Gasteiger partial charge in [-0.1, -0.05) is 62.5 Å². The number of rotatable bonds is 12. The van der Waals surface area contributed by atoms with Crippen molar-refractivity contribution in [2.45, 2.75) is 77.7 Å². The van der Waals surface area contributed by atoms with Crippen LogP contribution in [-0.2, 0) is 0 Å². The van der Waals surface area contributed by atoms with Gasteiger partial charge in [0.05, 0.1) is 6.10 Å². The minimum absolute atomic E-state index is 0.0111. The van der Waals surface area contributed by atoms with Gasteiger partial charge in [0, 0.05) is 11.5 Å². The van der Waals surface area contributed by atoms with Gasteiger partial charge >= 0.3 is 0 Å². The van der Waals surface area contributed by atoms with Crippen LogP contribution in [0.15, 0.2) is 52.7 Å². The number of carbonyl (C=O) groups is 1. The molecule has 1 aliphatic rings. The molecule has 0 saturated heterocycles. The van der Waals surface area contributed by atoms with Gasteiger partial charge in [0.25, 0.3) is 0 Å². The van der Waals surface area contributed by atoms with E-state index < -0.39 is 0 Å². The number of hydrogen-bond acceptors (Lipinski definition) is 4. The Morgan fingerprint density at radius 2 is 1.96 bits per heavy atom. The Morgan fingerprint density at radius 1 is 1.18 bits per heavy atom. The summed E-state index contributed by atoms with van der Waals surface area (Å²) >= 11 is 0. The molecule has 0 spiro atoms. The normalized spacial score (nSPS) is 16.1. The van der Waals surface area contributed by atoms with E-state index in [0.717, 1.165) is 63.4 Å². The highest BCUT2D eigenvalue weighted by Gasteiger charge is 2.19. The van der Waals surface area contributed by atoms with Crippen LogP contribution >= 0.6 is 0 Å². The number of allylic oxidation sites excluding steroid dienone is 2. The molecule has 28 heavy (non-hydrogen) atoms. The van der Waals surface area contributed by atoms with Gasteiger partial charge in [-0.2, -0.15) is 0 Å². The molecule has 0 saturated carbocycles. The summed E-state index contributed by atoms with van der Waals surface area (Å²) in [6, 6.07) is 6.68. The molecule has 4 nitrogen and oxygen atoms in total. The third kappa shape index (κ3) is 6.52. The van der Waals surface area contributed by atoms with Gasteiger partial charge in [-0.25, -0.2) is 0 Å². The number of nitrogens with zero attached hydrogens (tertiary/aromatic N) is 1. The van der Waals surface area contributed by atoms with Crippen LogP contribution in [0.4, 0.5) is 5.69 Å². The third-order valence-corrected chi connectivity index (χ3v) is 5.61. The van der Waals surface area contributed by atoms with E-state index in [-0.39, 0.29) is 17.8 Å². The Labute approximate surface area is 168 Å². The molecule has 0 aromatic heterocycles. The Kier molecular flexibility index (Phi) is 9.29. The van der Waals surface area contributed by atoms with Crippen molar-refractivity contribution >= 4 is 11.5 Å². The molecule has 2 atom stereocenters. The van der Waals surface area contributed by atoms with Gasteiger partial charge in [0.2, 0.25) is 0 Å². The summed E-state index contributed by atoms with van der Waals surface area (Å²) in [6.45, 7) is 4.20. The van der Waals surface area contributed by atoms with E-state index >= 15 is 0 Å². The van der Waals surface area contributed by atoms with Gasteiger partial charge in [-0.3, -0.25) is 4.79 Å². The highest BCUT2D eigenvalue weighted by molar-refractivity contribution is 5.98. The molecular formula is C24H33NO3. The molecule has 0 amide bonds. The number of carbonyl (C=O) groups excluding carboxylic acids is 1. The van der Waals surface area contributed by atoms with Crippen molar-refractivity contribution in [1.82, 2.24) is 0 Å². The lowest BCUT2D eigenvalue weighted by Gasteiger charge is -2.19. The second-order valence-corrected chi connectivity index (χ2v) is 7.82. The summed E-state index contributed by atoms with van der Waals surface area (Å²) in [5, 5.41) is 13.4. The molecule has 0 bridgehead atoms. The summed E-state index contributed by atoms with van der Waals surface area (Å²) in [5.41, 5.74) is 3.28. The second-order valence-electron chi connectivity index (χ2n) is 7.82. The van der Waals surface area contributed by atoms with E-state index in [0.29, 0.717) is 11.3 Å². The number of Topliss-reactive ketones (excluding diaryl/α,β-unsaturated/α-hetero) is 1. The third-order valence-electron chi connectivity index (χ3n) is 5.61. The van der Waals surface area contributed by atoms with Crippen molar-refractivity contribution in [3.63, 3.8) is 0 Å². The number of benzene rings is 1. The molecule has 1 aromatic rings. The molecule has 1 aromatic carbocycles. The van der Waals surface area contributed by atoms with E-state index in [1.165, 1.54) is 5.57 Å². The zero-order valence-electron chi connectivity index (χ0n) is 17.2. The van der Waals surface area contributed by atoms with Gasteiger partial charge in [-0.15, -0.1) is 4.91 Å². The van der Waals surface area contributed by atoms with Crippen molar-refractivity contribution in [3.05, 3.63) is 58.0 Å². The monoisotopic (exact) mass is 383 g/mol. The average molecular weight is 384 g/mol. The van der Waals surface area contributed by atoms with Crippen molar-refractivity contribution in [2.75, 3.05) is 0 Å². The minimum atomic E-state index is -0.372. The van der Waals surface area contributed by atoms with Crippen LogP contribution in [0.3, 0.4) is 0 Å². The SMILES string of the molecule is CCCC(CCCCCC(O)C1=C(C)CCC=C1)C(=O)c1cccc(N=O)c1. The maximum atomic E-state index is 12.8. The number of unbranched alkanes of at least 4 members (excludes halogenated alkanes) is 2. The standard InChI is InChI=1S/C24H33NO3/c1-3-10-19(24(27)20-13-9-14-21(17-20)25-28)12-5-4-6-16-23(26)22-15-8-7-11-18(22)2/h8-9,13-15,17,19,23,26H,3-7,10-12,16H2,1-2H3. The lowest BCUT2D eigenvalue weighted by Crippen LogP contribution is -2.15. The van der Waals surface area contributed by atoms with E-state index in [1.807, 2.05) is 0 Å². The molecule has 0 aliphatic heterocycles. The number of hydrogen-bond donors (Lipinski definition) is 1. The number of aliphatic hydroxyl groups excluding tert-OH is 1. The molecule has 0 fully saturated rings. The maximum absolute atomic E-state index is 12.8. The Hall–Kier alpha value is -2.07. The van der Waals surface area contributed by atoms with Crippen LogP contribution in [0.5, 0.6) is 0 Å². The van der Waals surface area contributed by atoms with E-state index in [9.17, 15) is 14.8 Å². The first-order valence-corrected chi connectivity index (χ1v) is 10.6. The van der Waals surface area contributed by atoms with Crippen LogP contribution in [-0.4, -0.2) is 17.0 Å². The van der Waals surface area contributed by atoms with Gasteiger partial charge in [-0.05, 0) is 61.9 Å². The summed E-state index contributed by atoms with van der Waals surface area (Å²) in [4.78, 5) is 23.5. The van der Waals surface area contributed by atoms with Gasteiger partial charge in [0.15, 0.2) is 5.78 Å². The largest absolute Gasteiger partial charge is 0.388 e. The molecule has 1 N–H and O–H groups in total. The molecule has 0 radical (unpaired) electrons. The van der Waals surface area contributed by atoms with Crippen molar-refractivity contribution in [2.24, 2.45) is 11.1 Å². The lowest BCUT2D eigenvalue weighted by atomic mass is 9.88. The molecule has 2 unspecified atom stereocenters. The number of aliphatic hydroxyl groups is 1. The Bertz CT molecular complexity index is 720. The van der Waals surface area contributed by atoms with Crippen LogP contribution in [0, 0.1) is 10.8 Å². The van der Waals surface area contributed by atoms with Crippen LogP contribution in [0.2, 0.25) is 0 Å². The first kappa shape index (κ1) is 22.2. The molecule has 4 heteroatoms. The molecule has 2 rings (SSSR count). The zero-order valence-corrected chi connectivity index (χ0v) is 17.2. The summed E-state index contributed by atoms with van der Waals surface area (Å²) in [7, 11) is 0. The Morgan fingerprint density at radius 3 is 2.68 bits per heavy atom. The fourth-order valence-corrected chi connectivity index (χ4v) is 3.96. The quantitative estimate of drug-likeness (QED) is 0.249. The molecule has 152 valence electrons. The fraction of sp³-hybridized carbons (Fsp3) is 0.542. The van der Waals surface area contributed by atoms with Crippen molar-refractivity contribution in [1.29, 1.82) is 0 Å². The predicted molar refractivity (Wildman–Crippen MR) is 115 cm³/mol. The molecule has 0 heterocycles. The lowest BCUT2D eigenvalue weighted by molar-refractivity contribution is 0.0903. The van der Waals surface area contributed by atoms with E-state index in [2.05, 4.69) is 31.2 Å². The van der Waals surface area contributed by atoms with Crippen LogP contribution in [0.1, 0.15) is 82.0 Å². The number of ketones is 1. The summed E-state index contributed by atoms with van der Waals surface area (Å²) < 4.78 is 0. The average Bonchev–Trinajstić information content (AvgIpc) is 2.72. The van der Waals surface area contributed by atoms with E-state index in [4.69, 9.17) is 0 Å². The molecular weight excluding hydrogens is 350 g/mol. The van der Waals surface area contributed by atoms with Crippen molar-refractivity contribution < 1.29 is 9.90 Å². The van der Waals surface area contributed by atoms with E-state index in [1.54, 1.807) is 24.3 Å². The highest BCUT2D eigenvalue weighted by Crippen LogP contribution is 2.26. The topological polar surface area (TPSA) is 66.7 Å². The van der Waals surface area contributed by atoms with Gasteiger partial charge in [0.1, 0.15) is 5.69 Å². The minimum Gasteiger partial charge on any atom is -0.388 e. The fourth-order valence-electron chi connectivity index (χ4n) is 3.96. The second kappa shape index (κ2) is 11.7. The molecule has 1 aliphatic carbocycles. The maximum Gasteiger partial charge on any atom is 0.166 e.